The lowest BCUT2D eigenvalue weighted by Crippen LogP contribution is -2.71. The molecule has 0 unspecified atom stereocenters. The van der Waals surface area contributed by atoms with Crippen LogP contribution < -0.4 is 14.5 Å². The van der Waals surface area contributed by atoms with Crippen LogP contribution >= 0.6 is 0 Å². The van der Waals surface area contributed by atoms with E-state index in [9.17, 15) is 4.79 Å². The fourth-order valence-electron chi connectivity index (χ4n) is 4.46. The quantitative estimate of drug-likeness (QED) is 0.813. The summed E-state index contributed by atoms with van der Waals surface area (Å²) in [4.78, 5) is 17.2. The average molecular weight is 322 g/mol. The number of para-hydroxylation sites is 1. The molecule has 2 bridgehead atoms. The van der Waals surface area contributed by atoms with Crippen molar-refractivity contribution in [1.29, 1.82) is 0 Å². The van der Waals surface area contributed by atoms with Crippen molar-refractivity contribution in [2.75, 3.05) is 16.9 Å². The molecule has 3 aliphatic heterocycles. The maximum atomic E-state index is 13.3. The zero-order chi connectivity index (χ0) is 17.1. The predicted octanol–water partition coefficient (Wildman–Crippen LogP) is 4.54. The van der Waals surface area contributed by atoms with E-state index < -0.39 is 5.54 Å². The van der Waals surface area contributed by atoms with Crippen LogP contribution in [0.5, 0.6) is 5.75 Å². The number of rotatable bonds is 2. The Kier molecular flexibility index (Phi) is 2.99. The van der Waals surface area contributed by atoms with Gasteiger partial charge in [0, 0.05) is 16.8 Å². The number of ether oxygens (including phenoxy) is 1. The second-order valence-electron chi connectivity index (χ2n) is 7.44. The second-order valence-corrected chi connectivity index (χ2v) is 7.44. The standard InChI is InChI=1S/C20H22N2O2/c1-19(2)13-20(3)16-12-15(24-4)10-11-17(16)22(19)18(23)21(20)14-8-6-5-7-9-14/h5-12H,13H2,1-4H3/t20-/m1/s1. The van der Waals surface area contributed by atoms with Crippen molar-refractivity contribution in [3.05, 3.63) is 54.1 Å². The first-order valence-corrected chi connectivity index (χ1v) is 8.26. The molecular formula is C20H22N2O2. The Balaban J connectivity index is 1.98. The number of amides is 2. The van der Waals surface area contributed by atoms with Gasteiger partial charge in [-0.3, -0.25) is 9.80 Å². The number of hydrogen-bond donors (Lipinski definition) is 0. The molecule has 0 spiro atoms. The molecule has 0 aliphatic carbocycles. The van der Waals surface area contributed by atoms with Crippen LogP contribution in [0.15, 0.2) is 48.5 Å². The zero-order valence-electron chi connectivity index (χ0n) is 14.5. The summed E-state index contributed by atoms with van der Waals surface area (Å²) in [5, 5.41) is 0. The third kappa shape index (κ3) is 1.83. The van der Waals surface area contributed by atoms with E-state index in [0.717, 1.165) is 29.1 Å². The summed E-state index contributed by atoms with van der Waals surface area (Å²) in [5.41, 5.74) is 2.44. The van der Waals surface area contributed by atoms with Gasteiger partial charge < -0.3 is 4.74 Å². The highest BCUT2D eigenvalue weighted by Gasteiger charge is 2.58. The van der Waals surface area contributed by atoms with Crippen molar-refractivity contribution in [3.8, 4) is 5.75 Å². The van der Waals surface area contributed by atoms with Crippen LogP contribution in [0.1, 0.15) is 32.8 Å². The van der Waals surface area contributed by atoms with E-state index >= 15 is 0 Å². The molecular weight excluding hydrogens is 300 g/mol. The van der Waals surface area contributed by atoms with Crippen LogP contribution in [-0.2, 0) is 5.54 Å². The monoisotopic (exact) mass is 322 g/mol. The van der Waals surface area contributed by atoms with Gasteiger partial charge in [-0.1, -0.05) is 18.2 Å². The summed E-state index contributed by atoms with van der Waals surface area (Å²) in [6.07, 6.45) is 0.862. The van der Waals surface area contributed by atoms with Gasteiger partial charge in [-0.25, -0.2) is 4.79 Å². The van der Waals surface area contributed by atoms with Crippen LogP contribution in [0, 0.1) is 0 Å². The number of methoxy groups -OCH3 is 1. The lowest BCUT2D eigenvalue weighted by Gasteiger charge is -2.61. The molecule has 0 radical (unpaired) electrons. The molecule has 2 amide bonds. The minimum atomic E-state index is -0.402. The molecule has 1 saturated heterocycles. The van der Waals surface area contributed by atoms with Gasteiger partial charge in [0.05, 0.1) is 18.3 Å². The Morgan fingerprint density at radius 3 is 2.38 bits per heavy atom. The molecule has 1 fully saturated rings. The van der Waals surface area contributed by atoms with Crippen molar-refractivity contribution in [3.63, 3.8) is 0 Å². The van der Waals surface area contributed by atoms with Gasteiger partial charge in [0.15, 0.2) is 0 Å². The van der Waals surface area contributed by atoms with Gasteiger partial charge in [0.25, 0.3) is 0 Å². The molecule has 3 aliphatic rings. The second kappa shape index (κ2) is 4.76. The van der Waals surface area contributed by atoms with E-state index in [1.165, 1.54) is 0 Å². The van der Waals surface area contributed by atoms with E-state index in [1.54, 1.807) is 7.11 Å². The van der Waals surface area contributed by atoms with Crippen molar-refractivity contribution in [1.82, 2.24) is 0 Å². The number of benzene rings is 2. The van der Waals surface area contributed by atoms with Crippen LogP contribution in [-0.4, -0.2) is 18.7 Å². The maximum Gasteiger partial charge on any atom is 0.330 e. The Bertz CT molecular complexity index is 816. The predicted molar refractivity (Wildman–Crippen MR) is 95.8 cm³/mol. The molecule has 5 rings (SSSR count). The summed E-state index contributed by atoms with van der Waals surface area (Å²) >= 11 is 0. The fraction of sp³-hybridized carbons (Fsp3) is 0.350. The highest BCUT2D eigenvalue weighted by Crippen LogP contribution is 2.55. The molecule has 0 saturated carbocycles. The van der Waals surface area contributed by atoms with Crippen LogP contribution in [0.25, 0.3) is 0 Å². The Morgan fingerprint density at radius 2 is 1.71 bits per heavy atom. The number of carbonyl (C=O) groups is 1. The number of carbonyl (C=O) groups excluding carboxylic acids is 1. The van der Waals surface area contributed by atoms with Gasteiger partial charge >= 0.3 is 6.03 Å². The van der Waals surface area contributed by atoms with Crippen LogP contribution in [0.3, 0.4) is 0 Å². The van der Waals surface area contributed by atoms with E-state index in [0.29, 0.717) is 0 Å². The molecule has 124 valence electrons. The number of nitrogens with zero attached hydrogens (tertiary/aromatic N) is 2. The number of anilines is 2. The molecule has 4 nitrogen and oxygen atoms in total. The molecule has 2 aromatic carbocycles. The Labute approximate surface area is 142 Å². The van der Waals surface area contributed by atoms with Gasteiger partial charge in [-0.05, 0) is 57.5 Å². The average Bonchev–Trinajstić information content (AvgIpc) is 2.54. The van der Waals surface area contributed by atoms with E-state index in [1.807, 2.05) is 52.3 Å². The summed E-state index contributed by atoms with van der Waals surface area (Å²) in [5.74, 6) is 0.821. The largest absolute Gasteiger partial charge is 0.497 e. The minimum absolute atomic E-state index is 0.0395. The molecule has 2 aromatic rings. The van der Waals surface area contributed by atoms with Gasteiger partial charge in [0.1, 0.15) is 5.75 Å². The first kappa shape index (κ1) is 15.1. The van der Waals surface area contributed by atoms with Crippen molar-refractivity contribution in [2.45, 2.75) is 38.3 Å². The lowest BCUT2D eigenvalue weighted by atomic mass is 9.71. The topological polar surface area (TPSA) is 32.8 Å². The highest BCUT2D eigenvalue weighted by atomic mass is 16.5. The number of hydrogen-bond acceptors (Lipinski definition) is 2. The maximum absolute atomic E-state index is 13.3. The number of urea groups is 1. The van der Waals surface area contributed by atoms with Crippen molar-refractivity contribution in [2.24, 2.45) is 0 Å². The molecule has 3 heterocycles. The molecule has 24 heavy (non-hydrogen) atoms. The third-order valence-electron chi connectivity index (χ3n) is 5.30. The van der Waals surface area contributed by atoms with E-state index in [-0.39, 0.29) is 11.6 Å². The SMILES string of the molecule is COc1ccc2c(c1)[C@@]1(C)CC(C)(C)N2C(=O)N1c1ccccc1. The molecule has 0 aromatic heterocycles. The van der Waals surface area contributed by atoms with Gasteiger partial charge in [0.2, 0.25) is 0 Å². The van der Waals surface area contributed by atoms with Crippen LogP contribution in [0.2, 0.25) is 0 Å². The summed E-state index contributed by atoms with van der Waals surface area (Å²) in [6, 6.07) is 16.0. The first-order chi connectivity index (χ1) is 11.4. The minimum Gasteiger partial charge on any atom is -0.497 e. The van der Waals surface area contributed by atoms with E-state index in [4.69, 9.17) is 4.74 Å². The normalized spacial score (nSPS) is 24.1. The van der Waals surface area contributed by atoms with Crippen LogP contribution in [0.4, 0.5) is 16.2 Å². The third-order valence-corrected chi connectivity index (χ3v) is 5.30. The zero-order valence-corrected chi connectivity index (χ0v) is 14.5. The first-order valence-electron chi connectivity index (χ1n) is 8.26. The molecule has 0 N–H and O–H groups in total. The lowest BCUT2D eigenvalue weighted by molar-refractivity contribution is 0.199. The summed E-state index contributed by atoms with van der Waals surface area (Å²) in [7, 11) is 1.68. The Hall–Kier alpha value is -2.49. The summed E-state index contributed by atoms with van der Waals surface area (Å²) < 4.78 is 5.43. The highest BCUT2D eigenvalue weighted by molar-refractivity contribution is 6.10. The van der Waals surface area contributed by atoms with Gasteiger partial charge in [-0.2, -0.15) is 0 Å². The van der Waals surface area contributed by atoms with Gasteiger partial charge in [-0.15, -0.1) is 0 Å². The molecule has 4 heteroatoms. The molecule has 1 atom stereocenters. The van der Waals surface area contributed by atoms with Crippen molar-refractivity contribution >= 4 is 17.4 Å². The number of fused-ring (bicyclic) bond motifs is 2. The Morgan fingerprint density at radius 1 is 1.00 bits per heavy atom. The smallest absolute Gasteiger partial charge is 0.330 e. The van der Waals surface area contributed by atoms with E-state index in [2.05, 4.69) is 26.8 Å². The fourth-order valence-corrected chi connectivity index (χ4v) is 4.46. The summed E-state index contributed by atoms with van der Waals surface area (Å²) in [6.45, 7) is 6.44. The van der Waals surface area contributed by atoms with Crippen molar-refractivity contribution < 1.29 is 9.53 Å².